The third kappa shape index (κ3) is 3.36. The first-order chi connectivity index (χ1) is 10.1. The second-order valence-corrected chi connectivity index (χ2v) is 5.65. The molecule has 0 bridgehead atoms. The van der Waals surface area contributed by atoms with E-state index in [2.05, 4.69) is 0 Å². The van der Waals surface area contributed by atoms with Crippen molar-refractivity contribution in [2.24, 2.45) is 5.92 Å². The summed E-state index contributed by atoms with van der Waals surface area (Å²) < 4.78 is 11.1. The monoisotopic (exact) mass is 288 g/mol. The van der Waals surface area contributed by atoms with Gasteiger partial charge in [0.1, 0.15) is 5.58 Å². The number of amides is 1. The van der Waals surface area contributed by atoms with Gasteiger partial charge in [0.15, 0.2) is 5.76 Å². The van der Waals surface area contributed by atoms with Crippen molar-refractivity contribution in [3.05, 3.63) is 30.0 Å². The zero-order chi connectivity index (χ0) is 14.8. The summed E-state index contributed by atoms with van der Waals surface area (Å²) in [5.41, 5.74) is 7.05. The van der Waals surface area contributed by atoms with E-state index in [1.807, 2.05) is 0 Å². The van der Waals surface area contributed by atoms with E-state index in [0.29, 0.717) is 30.2 Å². The van der Waals surface area contributed by atoms with E-state index < -0.39 is 0 Å². The fourth-order valence-electron chi connectivity index (χ4n) is 2.19. The van der Waals surface area contributed by atoms with Gasteiger partial charge in [0.2, 0.25) is 0 Å². The van der Waals surface area contributed by atoms with Crippen LogP contribution in [-0.2, 0) is 4.74 Å². The summed E-state index contributed by atoms with van der Waals surface area (Å²) in [5.74, 6) is 0.937. The molecule has 0 radical (unpaired) electrons. The van der Waals surface area contributed by atoms with Gasteiger partial charge in [-0.05, 0) is 43.0 Å². The number of likely N-dealkylation sites (N-methyl/N-ethyl adjacent to an activating group) is 1. The van der Waals surface area contributed by atoms with E-state index in [9.17, 15) is 4.79 Å². The predicted molar refractivity (Wildman–Crippen MR) is 81.1 cm³/mol. The molecule has 5 heteroatoms. The highest BCUT2D eigenvalue weighted by Gasteiger charge is 2.21. The smallest absolute Gasteiger partial charge is 0.289 e. The summed E-state index contributed by atoms with van der Waals surface area (Å²) in [5, 5.41) is 0.844. The van der Waals surface area contributed by atoms with E-state index >= 15 is 0 Å². The summed E-state index contributed by atoms with van der Waals surface area (Å²) >= 11 is 0. The Morgan fingerprint density at radius 2 is 2.24 bits per heavy atom. The van der Waals surface area contributed by atoms with Crippen molar-refractivity contribution in [2.75, 3.05) is 32.5 Å². The second-order valence-electron chi connectivity index (χ2n) is 5.65. The van der Waals surface area contributed by atoms with Crippen LogP contribution in [0.4, 0.5) is 5.69 Å². The molecule has 0 atom stereocenters. The topological polar surface area (TPSA) is 68.7 Å². The highest BCUT2D eigenvalue weighted by atomic mass is 16.5. The van der Waals surface area contributed by atoms with E-state index in [4.69, 9.17) is 14.9 Å². The van der Waals surface area contributed by atoms with Gasteiger partial charge in [-0.3, -0.25) is 4.79 Å². The molecule has 1 amide bonds. The molecule has 1 aromatic carbocycles. The van der Waals surface area contributed by atoms with Crippen molar-refractivity contribution in [3.63, 3.8) is 0 Å². The van der Waals surface area contributed by atoms with Crippen molar-refractivity contribution < 1.29 is 13.9 Å². The van der Waals surface area contributed by atoms with Crippen LogP contribution in [-0.4, -0.2) is 37.6 Å². The minimum atomic E-state index is -0.139. The minimum absolute atomic E-state index is 0.139. The van der Waals surface area contributed by atoms with Crippen LogP contribution < -0.4 is 5.73 Å². The molecule has 0 spiro atoms. The molecule has 2 aromatic rings. The largest absolute Gasteiger partial charge is 0.451 e. The summed E-state index contributed by atoms with van der Waals surface area (Å²) in [4.78, 5) is 13.9. The van der Waals surface area contributed by atoms with Gasteiger partial charge in [-0.2, -0.15) is 0 Å². The van der Waals surface area contributed by atoms with Crippen molar-refractivity contribution in [1.29, 1.82) is 0 Å². The van der Waals surface area contributed by atoms with Crippen LogP contribution in [0.3, 0.4) is 0 Å². The molecular weight excluding hydrogens is 268 g/mol. The zero-order valence-electron chi connectivity index (χ0n) is 12.2. The molecule has 2 N–H and O–H groups in total. The number of hydrogen-bond acceptors (Lipinski definition) is 4. The second kappa shape index (κ2) is 5.77. The van der Waals surface area contributed by atoms with Crippen LogP contribution in [0.5, 0.6) is 0 Å². The van der Waals surface area contributed by atoms with Crippen molar-refractivity contribution in [3.8, 4) is 0 Å². The van der Waals surface area contributed by atoms with Gasteiger partial charge in [-0.15, -0.1) is 0 Å². The number of rotatable bonds is 6. The lowest BCUT2D eigenvalue weighted by Gasteiger charge is -2.15. The first kappa shape index (κ1) is 13.9. The Bertz CT molecular complexity index is 646. The standard InChI is InChI=1S/C16H20N2O3/c1-18(6-7-20-10-11-2-3-11)16(19)15-9-12-8-13(17)4-5-14(12)21-15/h4-5,8-9,11H,2-3,6-7,10,17H2,1H3. The van der Waals surface area contributed by atoms with Gasteiger partial charge in [0, 0.05) is 31.3 Å². The number of hydrogen-bond donors (Lipinski definition) is 1. The Morgan fingerprint density at radius 1 is 1.43 bits per heavy atom. The van der Waals surface area contributed by atoms with Gasteiger partial charge in [0.25, 0.3) is 5.91 Å². The van der Waals surface area contributed by atoms with Gasteiger partial charge < -0.3 is 19.8 Å². The number of anilines is 1. The first-order valence-corrected chi connectivity index (χ1v) is 7.26. The molecular formula is C16H20N2O3. The average Bonchev–Trinajstić information content (AvgIpc) is 3.20. The molecule has 1 saturated carbocycles. The van der Waals surface area contributed by atoms with Crippen molar-refractivity contribution >= 4 is 22.6 Å². The van der Waals surface area contributed by atoms with Gasteiger partial charge in [-0.25, -0.2) is 0 Å². The molecule has 1 heterocycles. The molecule has 3 rings (SSSR count). The Balaban J connectivity index is 1.59. The highest BCUT2D eigenvalue weighted by molar-refractivity contribution is 5.96. The van der Waals surface area contributed by atoms with Crippen LogP contribution in [0.1, 0.15) is 23.4 Å². The number of carbonyl (C=O) groups is 1. The Hall–Kier alpha value is -2.01. The average molecular weight is 288 g/mol. The molecule has 1 aromatic heterocycles. The summed E-state index contributed by atoms with van der Waals surface area (Å²) in [6.07, 6.45) is 2.55. The maximum atomic E-state index is 12.3. The molecule has 0 unspecified atom stereocenters. The highest BCUT2D eigenvalue weighted by Crippen LogP contribution is 2.28. The van der Waals surface area contributed by atoms with Crippen molar-refractivity contribution in [1.82, 2.24) is 4.90 Å². The third-order valence-electron chi connectivity index (χ3n) is 3.72. The predicted octanol–water partition coefficient (Wildman–Crippen LogP) is 2.51. The Kier molecular flexibility index (Phi) is 3.84. The van der Waals surface area contributed by atoms with Crippen molar-refractivity contribution in [2.45, 2.75) is 12.8 Å². The minimum Gasteiger partial charge on any atom is -0.451 e. The summed E-state index contributed by atoms with van der Waals surface area (Å²) in [7, 11) is 1.75. The number of benzene rings is 1. The molecule has 1 fully saturated rings. The summed E-state index contributed by atoms with van der Waals surface area (Å²) in [6.45, 7) is 1.93. The summed E-state index contributed by atoms with van der Waals surface area (Å²) in [6, 6.07) is 7.07. The van der Waals surface area contributed by atoms with Gasteiger partial charge in [-0.1, -0.05) is 0 Å². The van der Waals surface area contributed by atoms with E-state index in [-0.39, 0.29) is 5.91 Å². The molecule has 112 valence electrons. The maximum absolute atomic E-state index is 12.3. The molecule has 1 aliphatic rings. The lowest BCUT2D eigenvalue weighted by atomic mass is 10.2. The fourth-order valence-corrected chi connectivity index (χ4v) is 2.19. The maximum Gasteiger partial charge on any atom is 0.289 e. The van der Waals surface area contributed by atoms with Crippen LogP contribution >= 0.6 is 0 Å². The Morgan fingerprint density at radius 3 is 3.00 bits per heavy atom. The van der Waals surface area contributed by atoms with Crippen LogP contribution in [0.15, 0.2) is 28.7 Å². The molecule has 5 nitrogen and oxygen atoms in total. The first-order valence-electron chi connectivity index (χ1n) is 7.26. The number of nitrogen functional groups attached to an aromatic ring is 1. The van der Waals surface area contributed by atoms with Crippen LogP contribution in [0.2, 0.25) is 0 Å². The zero-order valence-corrected chi connectivity index (χ0v) is 12.2. The lowest BCUT2D eigenvalue weighted by molar-refractivity contribution is 0.0656. The number of nitrogens with two attached hydrogens (primary N) is 1. The van der Waals surface area contributed by atoms with Gasteiger partial charge >= 0.3 is 0 Å². The third-order valence-corrected chi connectivity index (χ3v) is 3.72. The quantitative estimate of drug-likeness (QED) is 0.655. The fraction of sp³-hybridized carbons (Fsp3) is 0.438. The number of fused-ring (bicyclic) bond motifs is 1. The molecule has 21 heavy (non-hydrogen) atoms. The number of nitrogens with zero attached hydrogens (tertiary/aromatic N) is 1. The lowest BCUT2D eigenvalue weighted by Crippen LogP contribution is -2.30. The normalized spacial score (nSPS) is 14.5. The SMILES string of the molecule is CN(CCOCC1CC1)C(=O)c1cc2cc(N)ccc2o1. The van der Waals surface area contributed by atoms with E-state index in [1.165, 1.54) is 12.8 Å². The number of furan rings is 1. The number of ether oxygens (including phenoxy) is 1. The van der Waals surface area contributed by atoms with Gasteiger partial charge in [0.05, 0.1) is 6.61 Å². The van der Waals surface area contributed by atoms with E-state index in [1.54, 1.807) is 36.2 Å². The molecule has 0 aliphatic heterocycles. The van der Waals surface area contributed by atoms with Crippen LogP contribution in [0, 0.1) is 5.92 Å². The molecule has 1 aliphatic carbocycles. The van der Waals surface area contributed by atoms with E-state index in [0.717, 1.165) is 17.9 Å². The molecule has 0 saturated heterocycles. The number of carbonyl (C=O) groups excluding carboxylic acids is 1. The van der Waals surface area contributed by atoms with Crippen LogP contribution in [0.25, 0.3) is 11.0 Å². The Labute approximate surface area is 123 Å².